The van der Waals surface area contributed by atoms with Crippen LogP contribution in [0.2, 0.25) is 0 Å². The van der Waals surface area contributed by atoms with Gasteiger partial charge in [-0.05, 0) is 17.5 Å². The SMILES string of the molecule is CNC(=O)Cn1ccc2ccc(C=O)cc21. The Labute approximate surface area is 92.9 Å². The van der Waals surface area contributed by atoms with E-state index in [0.717, 1.165) is 17.2 Å². The predicted octanol–water partition coefficient (Wildman–Crippen LogP) is 1.20. The zero-order valence-electron chi connectivity index (χ0n) is 8.93. The molecule has 4 heteroatoms. The zero-order chi connectivity index (χ0) is 11.5. The standard InChI is InChI=1S/C12H12N2O2/c1-13-12(16)7-14-5-4-10-3-2-9(8-15)6-11(10)14/h2-6,8H,7H2,1H3,(H,13,16). The molecule has 82 valence electrons. The van der Waals surface area contributed by atoms with Crippen LogP contribution in [0.5, 0.6) is 0 Å². The van der Waals surface area contributed by atoms with Crippen LogP contribution >= 0.6 is 0 Å². The molecule has 0 aliphatic carbocycles. The third kappa shape index (κ3) is 1.82. The number of aromatic nitrogens is 1. The summed E-state index contributed by atoms with van der Waals surface area (Å²) >= 11 is 0. The van der Waals surface area contributed by atoms with Crippen LogP contribution in [0.1, 0.15) is 10.4 Å². The maximum atomic E-state index is 11.3. The summed E-state index contributed by atoms with van der Waals surface area (Å²) in [7, 11) is 1.60. The summed E-state index contributed by atoms with van der Waals surface area (Å²) in [6.45, 7) is 0.266. The predicted molar refractivity (Wildman–Crippen MR) is 61.4 cm³/mol. The Hall–Kier alpha value is -2.10. The van der Waals surface area contributed by atoms with E-state index in [-0.39, 0.29) is 12.5 Å². The van der Waals surface area contributed by atoms with Gasteiger partial charge in [-0.2, -0.15) is 0 Å². The molecule has 0 aliphatic heterocycles. The van der Waals surface area contributed by atoms with Crippen molar-refractivity contribution in [3.8, 4) is 0 Å². The summed E-state index contributed by atoms with van der Waals surface area (Å²) in [5, 5.41) is 3.59. The number of fused-ring (bicyclic) bond motifs is 1. The molecule has 0 radical (unpaired) electrons. The summed E-state index contributed by atoms with van der Waals surface area (Å²) in [6, 6.07) is 7.34. The molecule has 1 N–H and O–H groups in total. The third-order valence-electron chi connectivity index (χ3n) is 2.53. The number of benzene rings is 1. The van der Waals surface area contributed by atoms with Gasteiger partial charge in [-0.25, -0.2) is 0 Å². The number of hydrogen-bond donors (Lipinski definition) is 1. The molecular weight excluding hydrogens is 204 g/mol. The molecule has 0 spiro atoms. The maximum Gasteiger partial charge on any atom is 0.239 e. The van der Waals surface area contributed by atoms with Gasteiger partial charge in [0.1, 0.15) is 12.8 Å². The Morgan fingerprint density at radius 1 is 1.44 bits per heavy atom. The van der Waals surface area contributed by atoms with Crippen molar-refractivity contribution >= 4 is 23.1 Å². The highest BCUT2D eigenvalue weighted by Gasteiger charge is 2.05. The first-order valence-electron chi connectivity index (χ1n) is 4.99. The Kier molecular flexibility index (Phi) is 2.72. The Morgan fingerprint density at radius 3 is 2.94 bits per heavy atom. The monoisotopic (exact) mass is 216 g/mol. The number of aldehydes is 1. The van der Waals surface area contributed by atoms with Gasteiger partial charge >= 0.3 is 0 Å². The molecule has 0 saturated heterocycles. The van der Waals surface area contributed by atoms with Gasteiger partial charge in [0.15, 0.2) is 0 Å². The van der Waals surface area contributed by atoms with Gasteiger partial charge in [0.05, 0.1) is 0 Å². The molecule has 1 aromatic heterocycles. The lowest BCUT2D eigenvalue weighted by molar-refractivity contribution is -0.121. The van der Waals surface area contributed by atoms with Crippen LogP contribution in [0.15, 0.2) is 30.5 Å². The van der Waals surface area contributed by atoms with Crippen molar-refractivity contribution in [3.05, 3.63) is 36.0 Å². The second-order valence-electron chi connectivity index (χ2n) is 3.55. The van der Waals surface area contributed by atoms with Crippen molar-refractivity contribution < 1.29 is 9.59 Å². The normalized spacial score (nSPS) is 10.3. The fraction of sp³-hybridized carbons (Fsp3) is 0.167. The molecule has 1 amide bonds. The maximum absolute atomic E-state index is 11.3. The quantitative estimate of drug-likeness (QED) is 0.784. The molecule has 0 saturated carbocycles. The number of nitrogens with one attached hydrogen (secondary N) is 1. The number of nitrogens with zero attached hydrogens (tertiary/aromatic N) is 1. The molecule has 0 unspecified atom stereocenters. The molecule has 2 rings (SSSR count). The minimum atomic E-state index is -0.0611. The van der Waals surface area contributed by atoms with Crippen LogP contribution in [-0.4, -0.2) is 23.8 Å². The first kappa shape index (κ1) is 10.4. The molecule has 4 nitrogen and oxygen atoms in total. The third-order valence-corrected chi connectivity index (χ3v) is 2.53. The molecular formula is C12H12N2O2. The number of rotatable bonds is 3. The molecule has 16 heavy (non-hydrogen) atoms. The average molecular weight is 216 g/mol. The summed E-state index contributed by atoms with van der Waals surface area (Å²) in [5.74, 6) is -0.0611. The van der Waals surface area contributed by atoms with Gasteiger partial charge in [-0.3, -0.25) is 9.59 Å². The minimum Gasteiger partial charge on any atom is -0.358 e. The van der Waals surface area contributed by atoms with Gasteiger partial charge in [0.2, 0.25) is 5.91 Å². The number of likely N-dealkylation sites (N-methyl/N-ethyl adjacent to an activating group) is 1. The van der Waals surface area contributed by atoms with Crippen LogP contribution in [0.4, 0.5) is 0 Å². The van der Waals surface area contributed by atoms with Crippen LogP contribution in [-0.2, 0) is 11.3 Å². The van der Waals surface area contributed by atoms with Gasteiger partial charge in [0.25, 0.3) is 0 Å². The van der Waals surface area contributed by atoms with Crippen LogP contribution < -0.4 is 5.32 Å². The number of amides is 1. The first-order chi connectivity index (χ1) is 7.74. The molecule has 0 bridgehead atoms. The van der Waals surface area contributed by atoms with E-state index in [1.807, 2.05) is 22.9 Å². The van der Waals surface area contributed by atoms with Gasteiger partial charge in [-0.1, -0.05) is 12.1 Å². The minimum absolute atomic E-state index is 0.0611. The van der Waals surface area contributed by atoms with Gasteiger partial charge < -0.3 is 9.88 Å². The number of carbonyl (C=O) groups excluding carboxylic acids is 2. The van der Waals surface area contributed by atoms with E-state index in [1.165, 1.54) is 0 Å². The number of hydrogen-bond acceptors (Lipinski definition) is 2. The lowest BCUT2D eigenvalue weighted by atomic mass is 10.2. The van der Waals surface area contributed by atoms with E-state index in [9.17, 15) is 9.59 Å². The summed E-state index contributed by atoms with van der Waals surface area (Å²) in [4.78, 5) is 21.9. The van der Waals surface area contributed by atoms with Gasteiger partial charge in [0, 0.05) is 24.3 Å². The smallest absolute Gasteiger partial charge is 0.239 e. The second kappa shape index (κ2) is 4.18. The highest BCUT2D eigenvalue weighted by atomic mass is 16.1. The van der Waals surface area contributed by atoms with Crippen molar-refractivity contribution in [2.45, 2.75) is 6.54 Å². The lowest BCUT2D eigenvalue weighted by Crippen LogP contribution is -2.22. The molecule has 1 heterocycles. The van der Waals surface area contributed by atoms with E-state index < -0.39 is 0 Å². The topological polar surface area (TPSA) is 51.1 Å². The number of carbonyl (C=O) groups is 2. The van der Waals surface area contributed by atoms with Crippen LogP contribution in [0, 0.1) is 0 Å². The highest BCUT2D eigenvalue weighted by molar-refractivity contribution is 5.88. The van der Waals surface area contributed by atoms with E-state index in [1.54, 1.807) is 19.2 Å². The molecule has 1 aromatic carbocycles. The van der Waals surface area contributed by atoms with E-state index in [4.69, 9.17) is 0 Å². The molecule has 0 atom stereocenters. The van der Waals surface area contributed by atoms with E-state index >= 15 is 0 Å². The van der Waals surface area contributed by atoms with Crippen molar-refractivity contribution in [2.24, 2.45) is 0 Å². The second-order valence-corrected chi connectivity index (χ2v) is 3.55. The highest BCUT2D eigenvalue weighted by Crippen LogP contribution is 2.16. The molecule has 2 aromatic rings. The average Bonchev–Trinajstić information content (AvgIpc) is 2.71. The summed E-state index contributed by atoms with van der Waals surface area (Å²) in [6.07, 6.45) is 2.64. The van der Waals surface area contributed by atoms with E-state index in [2.05, 4.69) is 5.32 Å². The fourth-order valence-corrected chi connectivity index (χ4v) is 1.65. The summed E-state index contributed by atoms with van der Waals surface area (Å²) in [5.41, 5.74) is 1.51. The largest absolute Gasteiger partial charge is 0.358 e. The van der Waals surface area contributed by atoms with Crippen LogP contribution in [0.25, 0.3) is 10.9 Å². The molecule has 0 fully saturated rings. The molecule has 0 aliphatic rings. The zero-order valence-corrected chi connectivity index (χ0v) is 8.93. The fourth-order valence-electron chi connectivity index (χ4n) is 1.65. The summed E-state index contributed by atoms with van der Waals surface area (Å²) < 4.78 is 1.82. The van der Waals surface area contributed by atoms with Crippen LogP contribution in [0.3, 0.4) is 0 Å². The van der Waals surface area contributed by atoms with Gasteiger partial charge in [-0.15, -0.1) is 0 Å². The van der Waals surface area contributed by atoms with Crippen molar-refractivity contribution in [1.29, 1.82) is 0 Å². The lowest BCUT2D eigenvalue weighted by Gasteiger charge is -2.04. The Balaban J connectivity index is 2.45. The van der Waals surface area contributed by atoms with Crippen molar-refractivity contribution in [3.63, 3.8) is 0 Å². The van der Waals surface area contributed by atoms with Crippen molar-refractivity contribution in [1.82, 2.24) is 9.88 Å². The Morgan fingerprint density at radius 2 is 2.25 bits per heavy atom. The van der Waals surface area contributed by atoms with E-state index in [0.29, 0.717) is 5.56 Å². The first-order valence-corrected chi connectivity index (χ1v) is 4.99. The van der Waals surface area contributed by atoms with Crippen molar-refractivity contribution in [2.75, 3.05) is 7.05 Å². The Bertz CT molecular complexity index is 543.